The van der Waals surface area contributed by atoms with Crippen molar-refractivity contribution in [3.05, 3.63) is 114 Å². The number of nitrogens with one attached hydrogen (secondary N) is 1. The van der Waals surface area contributed by atoms with Crippen molar-refractivity contribution in [1.29, 1.82) is 0 Å². The van der Waals surface area contributed by atoms with E-state index in [0.717, 1.165) is 11.5 Å². The van der Waals surface area contributed by atoms with Crippen molar-refractivity contribution in [1.82, 2.24) is 19.8 Å². The highest BCUT2D eigenvalue weighted by atomic mass is 32.2. The van der Waals surface area contributed by atoms with Crippen LogP contribution in [0.2, 0.25) is 0 Å². The van der Waals surface area contributed by atoms with Gasteiger partial charge in [-0.25, -0.2) is 22.2 Å². The van der Waals surface area contributed by atoms with E-state index in [9.17, 15) is 22.0 Å². The van der Waals surface area contributed by atoms with Gasteiger partial charge >= 0.3 is 0 Å². The van der Waals surface area contributed by atoms with E-state index in [1.807, 2.05) is 29.2 Å². The molecule has 2 aromatic heterocycles. The Morgan fingerprint density at radius 2 is 1.61 bits per heavy atom. The smallest absolute Gasteiger partial charge is 0.272 e. The lowest BCUT2D eigenvalue weighted by Gasteiger charge is -2.34. The number of halogens is 2. The molecule has 1 fully saturated rings. The van der Waals surface area contributed by atoms with E-state index >= 15 is 0 Å². The van der Waals surface area contributed by atoms with Gasteiger partial charge in [-0.3, -0.25) is 19.4 Å². The Morgan fingerprint density at radius 1 is 0.864 bits per heavy atom. The number of piperazine rings is 1. The van der Waals surface area contributed by atoms with E-state index in [1.54, 1.807) is 23.2 Å². The summed E-state index contributed by atoms with van der Waals surface area (Å²) in [6.45, 7) is 2.25. The second kappa shape index (κ2) is 12.0. The zero-order valence-corrected chi connectivity index (χ0v) is 24.3. The Balaban J connectivity index is 1.15. The van der Waals surface area contributed by atoms with Crippen LogP contribution in [0.15, 0.2) is 96.2 Å². The lowest BCUT2D eigenvalue weighted by Crippen LogP contribution is -2.48. The second-order valence-electron chi connectivity index (χ2n) is 10.5. The maximum atomic E-state index is 13.6. The van der Waals surface area contributed by atoms with Crippen molar-refractivity contribution in [2.45, 2.75) is 11.4 Å². The van der Waals surface area contributed by atoms with Crippen LogP contribution < -0.4 is 10.5 Å². The predicted octanol–water partition coefficient (Wildman–Crippen LogP) is 4.92. The lowest BCUT2D eigenvalue weighted by molar-refractivity contribution is 0.0622. The number of nitrogen functional groups attached to an aromatic ring is 1. The molecule has 0 saturated carbocycles. The van der Waals surface area contributed by atoms with Crippen molar-refractivity contribution in [3.63, 3.8) is 0 Å². The van der Waals surface area contributed by atoms with Crippen molar-refractivity contribution < 1.29 is 22.0 Å². The number of benzene rings is 3. The summed E-state index contributed by atoms with van der Waals surface area (Å²) in [4.78, 5) is 25.5. The van der Waals surface area contributed by atoms with Gasteiger partial charge in [0.2, 0.25) is 0 Å². The third kappa shape index (κ3) is 6.21. The molecule has 0 spiro atoms. The van der Waals surface area contributed by atoms with Crippen LogP contribution >= 0.6 is 0 Å². The van der Waals surface area contributed by atoms with E-state index in [2.05, 4.69) is 14.7 Å². The molecule has 3 heterocycles. The monoisotopic (exact) mass is 614 g/mol. The largest absolute Gasteiger partial charge is 0.399 e. The van der Waals surface area contributed by atoms with Crippen LogP contribution in [0.3, 0.4) is 0 Å². The van der Waals surface area contributed by atoms with E-state index in [1.165, 1.54) is 42.6 Å². The summed E-state index contributed by atoms with van der Waals surface area (Å²) < 4.78 is 56.8. The number of pyridine rings is 2. The number of nitrogens with two attached hydrogens (primary N) is 1. The van der Waals surface area contributed by atoms with Gasteiger partial charge in [0, 0.05) is 67.2 Å². The molecule has 1 saturated heterocycles. The number of hydrogen-bond acceptors (Lipinski definition) is 7. The highest BCUT2D eigenvalue weighted by Gasteiger charge is 2.25. The minimum atomic E-state index is -4.09. The SMILES string of the molecule is Nc1ccc(S(=O)(=O)Nc2ccc(C(=O)N3CCN(Cc4cc(F)cc(F)c4)CC3)nc2)c(-c2cccc3cccnc23)c1. The molecule has 12 heteroatoms. The number of fused-ring (bicyclic) bond motifs is 1. The van der Waals surface area contributed by atoms with Gasteiger partial charge in [-0.2, -0.15) is 0 Å². The van der Waals surface area contributed by atoms with Gasteiger partial charge in [-0.15, -0.1) is 0 Å². The van der Waals surface area contributed by atoms with Crippen molar-refractivity contribution in [2.24, 2.45) is 0 Å². The molecule has 6 rings (SSSR count). The Labute approximate surface area is 253 Å². The average Bonchev–Trinajstić information content (AvgIpc) is 3.00. The van der Waals surface area contributed by atoms with Crippen molar-refractivity contribution in [2.75, 3.05) is 36.6 Å². The molecular formula is C32H28F2N6O3S. The molecule has 9 nitrogen and oxygen atoms in total. The van der Waals surface area contributed by atoms with Gasteiger partial charge in [0.25, 0.3) is 15.9 Å². The summed E-state index contributed by atoms with van der Waals surface area (Å²) in [5.74, 6) is -1.54. The Hall–Kier alpha value is -4.94. The van der Waals surface area contributed by atoms with Crippen LogP contribution in [0.1, 0.15) is 16.1 Å². The summed E-state index contributed by atoms with van der Waals surface area (Å²) in [5, 5.41) is 0.858. The number of sulfonamides is 1. The van der Waals surface area contributed by atoms with Gasteiger partial charge in [-0.05, 0) is 54.1 Å². The Morgan fingerprint density at radius 3 is 2.34 bits per heavy atom. The molecule has 0 aliphatic carbocycles. The number of anilines is 2. The zero-order valence-electron chi connectivity index (χ0n) is 23.5. The van der Waals surface area contributed by atoms with Crippen LogP contribution in [-0.2, 0) is 16.6 Å². The summed E-state index contributed by atoms with van der Waals surface area (Å²) in [6.07, 6.45) is 2.95. The summed E-state index contributed by atoms with van der Waals surface area (Å²) >= 11 is 0. The Kier molecular flexibility index (Phi) is 7.93. The zero-order chi connectivity index (χ0) is 30.8. The minimum absolute atomic E-state index is 0.0175. The number of nitrogens with zero attached hydrogens (tertiary/aromatic N) is 4. The fourth-order valence-electron chi connectivity index (χ4n) is 5.34. The van der Waals surface area contributed by atoms with E-state index in [4.69, 9.17) is 5.73 Å². The molecular weight excluding hydrogens is 586 g/mol. The van der Waals surface area contributed by atoms with Crippen LogP contribution in [0.5, 0.6) is 0 Å². The number of hydrogen-bond donors (Lipinski definition) is 2. The van der Waals surface area contributed by atoms with Gasteiger partial charge in [0.1, 0.15) is 17.3 Å². The third-order valence-corrected chi connectivity index (χ3v) is 8.88. The molecule has 5 aromatic rings. The summed E-state index contributed by atoms with van der Waals surface area (Å²) in [5.41, 5.74) is 9.02. The molecule has 44 heavy (non-hydrogen) atoms. The maximum absolute atomic E-state index is 13.6. The Bertz CT molecular complexity index is 1940. The standard InChI is InChI=1S/C32H28F2N6O3S/c33-23-15-21(16-24(34)17-23)20-39-11-13-40(14-12-39)32(41)29-8-7-26(19-37-29)38-44(42,43)30-9-6-25(35)18-28(30)27-5-1-3-22-4-2-10-36-31(22)27/h1-10,15-19,38H,11-14,20,35H2. The molecule has 224 valence electrons. The molecule has 3 N–H and O–H groups in total. The number of para-hydroxylation sites is 1. The molecule has 0 unspecified atom stereocenters. The topological polar surface area (TPSA) is 122 Å². The molecule has 1 amide bonds. The van der Waals surface area contributed by atoms with Crippen LogP contribution in [0, 0.1) is 11.6 Å². The van der Waals surface area contributed by atoms with Crippen LogP contribution in [0.4, 0.5) is 20.2 Å². The second-order valence-corrected chi connectivity index (χ2v) is 12.2. The molecule has 1 aliphatic rings. The van der Waals surface area contributed by atoms with Crippen molar-refractivity contribution >= 4 is 38.2 Å². The number of carbonyl (C=O) groups is 1. The molecule has 1 aliphatic heterocycles. The van der Waals surface area contributed by atoms with Crippen LogP contribution in [0.25, 0.3) is 22.0 Å². The first-order chi connectivity index (χ1) is 21.2. The highest BCUT2D eigenvalue weighted by molar-refractivity contribution is 7.92. The normalized spacial score (nSPS) is 14.1. The quantitative estimate of drug-likeness (QED) is 0.250. The minimum Gasteiger partial charge on any atom is -0.399 e. The lowest BCUT2D eigenvalue weighted by atomic mass is 10.0. The first-order valence-corrected chi connectivity index (χ1v) is 15.3. The maximum Gasteiger partial charge on any atom is 0.272 e. The van der Waals surface area contributed by atoms with Gasteiger partial charge in [-0.1, -0.05) is 24.3 Å². The van der Waals surface area contributed by atoms with Crippen molar-refractivity contribution in [3.8, 4) is 11.1 Å². The van der Waals surface area contributed by atoms with E-state index < -0.39 is 21.7 Å². The predicted molar refractivity (Wildman–Crippen MR) is 164 cm³/mol. The number of aromatic nitrogens is 2. The first-order valence-electron chi connectivity index (χ1n) is 13.9. The van der Waals surface area contributed by atoms with Gasteiger partial charge < -0.3 is 10.6 Å². The molecule has 0 bridgehead atoms. The first kappa shape index (κ1) is 29.1. The number of amides is 1. The van der Waals surface area contributed by atoms with E-state index in [0.29, 0.717) is 60.6 Å². The molecule has 0 radical (unpaired) electrons. The fraction of sp³-hybridized carbons (Fsp3) is 0.156. The fourth-order valence-corrected chi connectivity index (χ4v) is 6.58. The third-order valence-electron chi connectivity index (χ3n) is 7.44. The number of rotatable bonds is 7. The average molecular weight is 615 g/mol. The van der Waals surface area contributed by atoms with Crippen LogP contribution in [-0.4, -0.2) is 60.3 Å². The molecule has 3 aromatic carbocycles. The van der Waals surface area contributed by atoms with E-state index in [-0.39, 0.29) is 22.2 Å². The summed E-state index contributed by atoms with van der Waals surface area (Å²) in [6, 6.07) is 20.2. The summed E-state index contributed by atoms with van der Waals surface area (Å²) in [7, 11) is -4.09. The number of carbonyl (C=O) groups excluding carboxylic acids is 1. The van der Waals surface area contributed by atoms with Gasteiger partial charge in [0.15, 0.2) is 0 Å². The molecule has 0 atom stereocenters. The van der Waals surface area contributed by atoms with Gasteiger partial charge in [0.05, 0.1) is 22.3 Å². The highest BCUT2D eigenvalue weighted by Crippen LogP contribution is 2.34.